The smallest absolute Gasteiger partial charge is 0.246 e. The van der Waals surface area contributed by atoms with E-state index in [-0.39, 0.29) is 23.9 Å². The van der Waals surface area contributed by atoms with E-state index in [1.54, 1.807) is 7.05 Å². The van der Waals surface area contributed by atoms with Gasteiger partial charge in [-0.25, -0.2) is 0 Å². The Morgan fingerprint density at radius 2 is 1.67 bits per heavy atom. The van der Waals surface area contributed by atoms with Crippen molar-refractivity contribution in [3.05, 3.63) is 35.4 Å². The number of nitrogens with zero attached hydrogens (tertiary/aromatic N) is 1. The maximum Gasteiger partial charge on any atom is 0.246 e. The molecule has 1 saturated heterocycles. The Morgan fingerprint density at radius 3 is 2.24 bits per heavy atom. The molecule has 4 nitrogen and oxygen atoms in total. The summed E-state index contributed by atoms with van der Waals surface area (Å²) in [6, 6.07) is 8.30. The summed E-state index contributed by atoms with van der Waals surface area (Å²) in [6.45, 7) is 6.39. The lowest BCUT2D eigenvalue weighted by molar-refractivity contribution is -0.148. The quantitative estimate of drug-likeness (QED) is 0.866. The molecule has 1 aromatic carbocycles. The molecule has 0 saturated carbocycles. The molecule has 114 valence electrons. The van der Waals surface area contributed by atoms with Gasteiger partial charge in [-0.2, -0.15) is 0 Å². The summed E-state index contributed by atoms with van der Waals surface area (Å²) in [4.78, 5) is 24.8. The third-order valence-corrected chi connectivity index (χ3v) is 4.20. The SMILES string of the molecule is CC(C)c1ccc(C(C)NC2CCC(=O)N(C)C2=O)cc1. The fourth-order valence-corrected chi connectivity index (χ4v) is 2.64. The van der Waals surface area contributed by atoms with Crippen LogP contribution in [0, 0.1) is 0 Å². The summed E-state index contributed by atoms with van der Waals surface area (Å²) in [6.07, 6.45) is 1.01. The lowest BCUT2D eigenvalue weighted by Crippen LogP contribution is -2.51. The molecule has 21 heavy (non-hydrogen) atoms. The van der Waals surface area contributed by atoms with E-state index < -0.39 is 0 Å². The maximum atomic E-state index is 12.1. The monoisotopic (exact) mass is 288 g/mol. The zero-order chi connectivity index (χ0) is 15.6. The van der Waals surface area contributed by atoms with E-state index in [1.165, 1.54) is 10.5 Å². The van der Waals surface area contributed by atoms with E-state index in [2.05, 4.69) is 43.4 Å². The molecule has 1 N–H and O–H groups in total. The number of piperidine rings is 1. The van der Waals surface area contributed by atoms with Crippen molar-refractivity contribution in [2.24, 2.45) is 0 Å². The summed E-state index contributed by atoms with van der Waals surface area (Å²) >= 11 is 0. The van der Waals surface area contributed by atoms with Crippen LogP contribution in [-0.2, 0) is 9.59 Å². The molecule has 0 aliphatic carbocycles. The molecule has 1 aliphatic rings. The van der Waals surface area contributed by atoms with Gasteiger partial charge in [-0.15, -0.1) is 0 Å². The average Bonchev–Trinajstić information content (AvgIpc) is 2.48. The molecule has 1 aliphatic heterocycles. The van der Waals surface area contributed by atoms with Crippen LogP contribution in [0.3, 0.4) is 0 Å². The molecule has 2 unspecified atom stereocenters. The highest BCUT2D eigenvalue weighted by Gasteiger charge is 2.32. The van der Waals surface area contributed by atoms with E-state index in [0.29, 0.717) is 18.8 Å². The molecule has 0 spiro atoms. The molecule has 1 fully saturated rings. The van der Waals surface area contributed by atoms with Crippen LogP contribution < -0.4 is 5.32 Å². The second kappa shape index (κ2) is 6.39. The summed E-state index contributed by atoms with van der Waals surface area (Å²) in [7, 11) is 1.56. The lowest BCUT2D eigenvalue weighted by Gasteiger charge is -2.30. The summed E-state index contributed by atoms with van der Waals surface area (Å²) in [5.41, 5.74) is 2.47. The highest BCUT2D eigenvalue weighted by Crippen LogP contribution is 2.20. The largest absolute Gasteiger partial charge is 0.299 e. The molecule has 2 atom stereocenters. The lowest BCUT2D eigenvalue weighted by atomic mass is 9.98. The van der Waals surface area contributed by atoms with Crippen molar-refractivity contribution in [3.63, 3.8) is 0 Å². The minimum absolute atomic E-state index is 0.0850. The molecule has 0 radical (unpaired) electrons. The predicted octanol–water partition coefficient (Wildman–Crippen LogP) is 2.61. The van der Waals surface area contributed by atoms with Crippen molar-refractivity contribution < 1.29 is 9.59 Å². The number of imide groups is 1. The molecule has 0 aromatic heterocycles. The Hall–Kier alpha value is -1.68. The van der Waals surface area contributed by atoms with Gasteiger partial charge in [0.1, 0.15) is 0 Å². The Balaban J connectivity index is 2.02. The van der Waals surface area contributed by atoms with Gasteiger partial charge in [-0.3, -0.25) is 19.8 Å². The van der Waals surface area contributed by atoms with Gasteiger partial charge in [0, 0.05) is 19.5 Å². The summed E-state index contributed by atoms with van der Waals surface area (Å²) in [5, 5.41) is 3.34. The van der Waals surface area contributed by atoms with Crippen molar-refractivity contribution in [1.29, 1.82) is 0 Å². The number of hydrogen-bond donors (Lipinski definition) is 1. The number of amides is 2. The van der Waals surface area contributed by atoms with Crippen LogP contribution in [0.25, 0.3) is 0 Å². The number of rotatable bonds is 4. The van der Waals surface area contributed by atoms with Crippen molar-refractivity contribution in [1.82, 2.24) is 10.2 Å². The van der Waals surface area contributed by atoms with Crippen molar-refractivity contribution in [2.75, 3.05) is 7.05 Å². The van der Waals surface area contributed by atoms with Crippen LogP contribution in [0.15, 0.2) is 24.3 Å². The van der Waals surface area contributed by atoms with Crippen LogP contribution >= 0.6 is 0 Å². The normalized spacial score (nSPS) is 21.0. The minimum atomic E-state index is -0.271. The first-order valence-electron chi connectivity index (χ1n) is 7.56. The van der Waals surface area contributed by atoms with E-state index in [0.717, 1.165) is 5.56 Å². The van der Waals surface area contributed by atoms with Gasteiger partial charge in [0.15, 0.2) is 0 Å². The number of carbonyl (C=O) groups is 2. The molecular formula is C17H24N2O2. The van der Waals surface area contributed by atoms with Crippen molar-refractivity contribution >= 4 is 11.8 Å². The molecule has 1 heterocycles. The standard InChI is InChI=1S/C17H24N2O2/c1-11(2)13-5-7-14(8-6-13)12(3)18-15-9-10-16(20)19(4)17(15)21/h5-8,11-12,15,18H,9-10H2,1-4H3. The Kier molecular flexibility index (Phi) is 4.78. The fraction of sp³-hybridized carbons (Fsp3) is 0.529. The third kappa shape index (κ3) is 3.50. The molecule has 2 rings (SSSR count). The van der Waals surface area contributed by atoms with Crippen LogP contribution in [0.1, 0.15) is 56.7 Å². The Labute approximate surface area is 126 Å². The first kappa shape index (κ1) is 15.7. The zero-order valence-corrected chi connectivity index (χ0v) is 13.2. The highest BCUT2D eigenvalue weighted by atomic mass is 16.2. The highest BCUT2D eigenvalue weighted by molar-refractivity contribution is 6.00. The molecule has 1 aromatic rings. The van der Waals surface area contributed by atoms with Crippen LogP contribution in [-0.4, -0.2) is 29.8 Å². The zero-order valence-electron chi connectivity index (χ0n) is 13.2. The molecule has 4 heteroatoms. The Morgan fingerprint density at radius 1 is 1.10 bits per heavy atom. The van der Waals surface area contributed by atoms with Gasteiger partial charge in [-0.05, 0) is 30.4 Å². The number of hydrogen-bond acceptors (Lipinski definition) is 3. The van der Waals surface area contributed by atoms with E-state index in [9.17, 15) is 9.59 Å². The van der Waals surface area contributed by atoms with E-state index >= 15 is 0 Å². The van der Waals surface area contributed by atoms with E-state index in [4.69, 9.17) is 0 Å². The summed E-state index contributed by atoms with van der Waals surface area (Å²) in [5.74, 6) is 0.297. The summed E-state index contributed by atoms with van der Waals surface area (Å²) < 4.78 is 0. The average molecular weight is 288 g/mol. The molecule has 0 bridgehead atoms. The van der Waals surface area contributed by atoms with Gasteiger partial charge in [0.2, 0.25) is 11.8 Å². The minimum Gasteiger partial charge on any atom is -0.299 e. The molecular weight excluding hydrogens is 264 g/mol. The first-order chi connectivity index (χ1) is 9.90. The van der Waals surface area contributed by atoms with Gasteiger partial charge < -0.3 is 0 Å². The van der Waals surface area contributed by atoms with Crippen molar-refractivity contribution in [2.45, 2.75) is 51.6 Å². The second-order valence-electron chi connectivity index (χ2n) is 6.09. The Bertz CT molecular complexity index is 522. The number of likely N-dealkylation sites (tertiary alicyclic amines) is 1. The number of carbonyl (C=O) groups excluding carboxylic acids is 2. The predicted molar refractivity (Wildman–Crippen MR) is 82.9 cm³/mol. The van der Waals surface area contributed by atoms with E-state index in [1.807, 2.05) is 6.92 Å². The van der Waals surface area contributed by atoms with Gasteiger partial charge >= 0.3 is 0 Å². The van der Waals surface area contributed by atoms with Crippen molar-refractivity contribution in [3.8, 4) is 0 Å². The van der Waals surface area contributed by atoms with Crippen LogP contribution in [0.2, 0.25) is 0 Å². The first-order valence-corrected chi connectivity index (χ1v) is 7.56. The van der Waals surface area contributed by atoms with Gasteiger partial charge in [-0.1, -0.05) is 38.1 Å². The molecule has 2 amide bonds. The van der Waals surface area contributed by atoms with Gasteiger partial charge in [0.05, 0.1) is 6.04 Å². The van der Waals surface area contributed by atoms with Crippen LogP contribution in [0.5, 0.6) is 0 Å². The maximum absolute atomic E-state index is 12.1. The third-order valence-electron chi connectivity index (χ3n) is 4.20. The van der Waals surface area contributed by atoms with Gasteiger partial charge in [0.25, 0.3) is 0 Å². The number of nitrogens with one attached hydrogen (secondary N) is 1. The van der Waals surface area contributed by atoms with Crippen LogP contribution in [0.4, 0.5) is 0 Å². The second-order valence-corrected chi connectivity index (χ2v) is 6.09. The topological polar surface area (TPSA) is 49.4 Å². The number of benzene rings is 1. The number of likely N-dealkylation sites (N-methyl/N-ethyl adjacent to an activating group) is 1. The fourth-order valence-electron chi connectivity index (χ4n) is 2.64.